The van der Waals surface area contributed by atoms with Crippen molar-refractivity contribution in [2.24, 2.45) is 0 Å². The smallest absolute Gasteiger partial charge is 0.263 e. The lowest BCUT2D eigenvalue weighted by Gasteiger charge is -2.07. The zero-order valence-electron chi connectivity index (χ0n) is 10.6. The first kappa shape index (κ1) is 12.4. The molecule has 1 aromatic heterocycles. The van der Waals surface area contributed by atoms with Gasteiger partial charge in [-0.3, -0.25) is 9.59 Å². The number of hydrogen-bond acceptors (Lipinski definition) is 5. The van der Waals surface area contributed by atoms with E-state index in [0.717, 1.165) is 12.0 Å². The Kier molecular flexibility index (Phi) is 3.20. The van der Waals surface area contributed by atoms with E-state index in [1.165, 1.54) is 12.3 Å². The first-order valence-electron chi connectivity index (χ1n) is 6.21. The van der Waals surface area contributed by atoms with E-state index in [-0.39, 0.29) is 18.3 Å². The molecule has 1 aromatic carbocycles. The molecule has 0 spiro atoms. The van der Waals surface area contributed by atoms with Gasteiger partial charge in [-0.25, -0.2) is 0 Å². The molecule has 1 aliphatic rings. The molecule has 2 aromatic rings. The zero-order chi connectivity index (χ0) is 13.9. The van der Waals surface area contributed by atoms with Crippen LogP contribution >= 0.6 is 0 Å². The predicted molar refractivity (Wildman–Crippen MR) is 69.7 cm³/mol. The molecule has 1 N–H and O–H groups in total. The molecule has 0 saturated heterocycles. The third kappa shape index (κ3) is 2.54. The summed E-state index contributed by atoms with van der Waals surface area (Å²) in [5, 5.41) is 6.08. The summed E-state index contributed by atoms with van der Waals surface area (Å²) < 4.78 is 9.96. The molecule has 20 heavy (non-hydrogen) atoms. The first-order valence-corrected chi connectivity index (χ1v) is 6.21. The van der Waals surface area contributed by atoms with Crippen molar-refractivity contribution < 1.29 is 18.8 Å². The van der Waals surface area contributed by atoms with Crippen molar-refractivity contribution in [3.8, 4) is 5.75 Å². The lowest BCUT2D eigenvalue weighted by molar-refractivity contribution is -0.118. The average molecular weight is 272 g/mol. The second kappa shape index (κ2) is 5.16. The van der Waals surface area contributed by atoms with Crippen molar-refractivity contribution in [1.29, 1.82) is 0 Å². The number of aryl methyl sites for hydroxylation is 1. The van der Waals surface area contributed by atoms with E-state index in [4.69, 9.17) is 4.74 Å². The molecule has 0 saturated carbocycles. The van der Waals surface area contributed by atoms with Crippen molar-refractivity contribution in [3.05, 3.63) is 41.7 Å². The molecule has 6 nitrogen and oxygen atoms in total. The summed E-state index contributed by atoms with van der Waals surface area (Å²) in [6, 6.07) is 6.85. The molecule has 6 heteroatoms. The van der Waals surface area contributed by atoms with Crippen LogP contribution in [0.25, 0.3) is 0 Å². The number of rotatable bonds is 4. The summed E-state index contributed by atoms with van der Waals surface area (Å²) in [5.41, 5.74) is 1.73. The molecular formula is C14H12N2O4. The van der Waals surface area contributed by atoms with Crippen LogP contribution < -0.4 is 10.1 Å². The predicted octanol–water partition coefficient (Wildman–Crippen LogP) is 1.82. The summed E-state index contributed by atoms with van der Waals surface area (Å²) in [7, 11) is 0. The van der Waals surface area contributed by atoms with E-state index in [1.54, 1.807) is 12.1 Å². The van der Waals surface area contributed by atoms with Gasteiger partial charge in [0.1, 0.15) is 12.0 Å². The monoisotopic (exact) mass is 272 g/mol. The van der Waals surface area contributed by atoms with E-state index in [2.05, 4.69) is 15.0 Å². The van der Waals surface area contributed by atoms with Gasteiger partial charge < -0.3 is 14.6 Å². The molecule has 1 amide bonds. The number of nitrogens with zero attached hydrogens (tertiary/aromatic N) is 1. The number of Topliss-reactive ketones (excluding diaryl/α,β-unsaturated/α-hetero) is 1. The number of ether oxygens (including phenoxy) is 1. The van der Waals surface area contributed by atoms with Crippen LogP contribution in [-0.4, -0.2) is 23.5 Å². The van der Waals surface area contributed by atoms with Crippen LogP contribution in [0.2, 0.25) is 0 Å². The topological polar surface area (TPSA) is 81.4 Å². The van der Waals surface area contributed by atoms with Gasteiger partial charge in [0, 0.05) is 18.1 Å². The maximum Gasteiger partial charge on any atom is 0.263 e. The highest BCUT2D eigenvalue weighted by Gasteiger charge is 2.19. The second-order valence-electron chi connectivity index (χ2n) is 4.46. The molecule has 0 atom stereocenters. The Hall–Kier alpha value is -2.63. The van der Waals surface area contributed by atoms with Crippen molar-refractivity contribution in [3.63, 3.8) is 0 Å². The van der Waals surface area contributed by atoms with Crippen LogP contribution in [0.3, 0.4) is 0 Å². The molecule has 0 radical (unpaired) electrons. The van der Waals surface area contributed by atoms with Crippen LogP contribution in [0.5, 0.6) is 5.75 Å². The average Bonchev–Trinajstić information content (AvgIpc) is 3.07. The van der Waals surface area contributed by atoms with Gasteiger partial charge in [-0.1, -0.05) is 11.2 Å². The van der Waals surface area contributed by atoms with Gasteiger partial charge in [0.15, 0.2) is 18.2 Å². The van der Waals surface area contributed by atoms with Gasteiger partial charge in [0.05, 0.1) is 0 Å². The quantitative estimate of drug-likeness (QED) is 0.918. The number of carbonyl (C=O) groups is 2. The fourth-order valence-corrected chi connectivity index (χ4v) is 2.11. The Morgan fingerprint density at radius 1 is 1.35 bits per heavy atom. The van der Waals surface area contributed by atoms with Crippen LogP contribution in [0.15, 0.2) is 35.1 Å². The normalized spacial score (nSPS) is 13.1. The van der Waals surface area contributed by atoms with Crippen LogP contribution in [0.1, 0.15) is 22.3 Å². The van der Waals surface area contributed by atoms with Gasteiger partial charge in [-0.05, 0) is 24.1 Å². The summed E-state index contributed by atoms with van der Waals surface area (Å²) in [5.74, 6) is 0.625. The number of anilines is 1. The summed E-state index contributed by atoms with van der Waals surface area (Å²) in [4.78, 5) is 23.2. The van der Waals surface area contributed by atoms with E-state index in [1.807, 2.05) is 6.07 Å². The van der Waals surface area contributed by atoms with Crippen molar-refractivity contribution in [2.45, 2.75) is 12.8 Å². The Morgan fingerprint density at radius 3 is 3.05 bits per heavy atom. The minimum absolute atomic E-state index is 0.123. The van der Waals surface area contributed by atoms with Crippen LogP contribution in [0, 0.1) is 0 Å². The number of ketones is 1. The van der Waals surface area contributed by atoms with Gasteiger partial charge in [0.2, 0.25) is 0 Å². The van der Waals surface area contributed by atoms with Crippen LogP contribution in [0.4, 0.5) is 5.82 Å². The van der Waals surface area contributed by atoms with Gasteiger partial charge >= 0.3 is 0 Å². The number of aromatic nitrogens is 1. The molecule has 0 aliphatic heterocycles. The number of carbonyl (C=O) groups excluding carboxylic acids is 2. The maximum absolute atomic E-state index is 11.6. The Balaban J connectivity index is 1.60. The van der Waals surface area contributed by atoms with E-state index in [9.17, 15) is 9.59 Å². The van der Waals surface area contributed by atoms with E-state index >= 15 is 0 Å². The minimum Gasteiger partial charge on any atom is -0.484 e. The van der Waals surface area contributed by atoms with Crippen LogP contribution in [-0.2, 0) is 11.2 Å². The minimum atomic E-state index is -0.342. The Labute approximate surface area is 114 Å². The molecule has 1 heterocycles. The fraction of sp³-hybridized carbons (Fsp3) is 0.214. The molecule has 1 aliphatic carbocycles. The van der Waals surface area contributed by atoms with Crippen molar-refractivity contribution in [1.82, 2.24) is 5.16 Å². The lowest BCUT2D eigenvalue weighted by atomic mass is 10.1. The Morgan fingerprint density at radius 2 is 2.25 bits per heavy atom. The number of benzene rings is 1. The lowest BCUT2D eigenvalue weighted by Crippen LogP contribution is -2.20. The highest BCUT2D eigenvalue weighted by molar-refractivity contribution is 6.00. The summed E-state index contributed by atoms with van der Waals surface area (Å²) >= 11 is 0. The van der Waals surface area contributed by atoms with Gasteiger partial charge in [-0.2, -0.15) is 0 Å². The molecular weight excluding hydrogens is 260 g/mol. The number of amides is 1. The molecule has 3 rings (SSSR count). The number of hydrogen-bond donors (Lipinski definition) is 1. The Bertz CT molecular complexity index is 649. The van der Waals surface area contributed by atoms with Crippen molar-refractivity contribution >= 4 is 17.5 Å². The molecule has 0 unspecified atom stereocenters. The van der Waals surface area contributed by atoms with Gasteiger partial charge in [-0.15, -0.1) is 0 Å². The van der Waals surface area contributed by atoms with E-state index < -0.39 is 0 Å². The molecule has 0 bridgehead atoms. The fourth-order valence-electron chi connectivity index (χ4n) is 2.11. The zero-order valence-corrected chi connectivity index (χ0v) is 10.6. The highest BCUT2D eigenvalue weighted by Crippen LogP contribution is 2.26. The standard InChI is InChI=1S/C14H12N2O4/c17-12-4-2-9-1-3-10(7-11(9)12)19-8-14(18)15-13-5-6-20-16-13/h1,3,5-7H,2,4,8H2,(H,15,16,18). The summed E-state index contributed by atoms with van der Waals surface area (Å²) in [6.45, 7) is -0.153. The SMILES string of the molecule is O=C(COc1ccc2c(c1)C(=O)CC2)Nc1ccon1. The number of fused-ring (bicyclic) bond motifs is 1. The highest BCUT2D eigenvalue weighted by atomic mass is 16.5. The molecule has 102 valence electrons. The third-order valence-electron chi connectivity index (χ3n) is 3.08. The van der Waals surface area contributed by atoms with Gasteiger partial charge in [0.25, 0.3) is 5.91 Å². The third-order valence-corrected chi connectivity index (χ3v) is 3.08. The first-order chi connectivity index (χ1) is 9.72. The van der Waals surface area contributed by atoms with Crippen molar-refractivity contribution in [2.75, 3.05) is 11.9 Å². The maximum atomic E-state index is 11.6. The largest absolute Gasteiger partial charge is 0.484 e. The summed E-state index contributed by atoms with van der Waals surface area (Å²) in [6.07, 6.45) is 2.69. The second-order valence-corrected chi connectivity index (χ2v) is 4.46. The molecule has 0 fully saturated rings. The number of nitrogens with one attached hydrogen (secondary N) is 1. The van der Waals surface area contributed by atoms with E-state index in [0.29, 0.717) is 23.6 Å².